The molecule has 0 saturated carbocycles. The Labute approximate surface area is 143 Å². The third-order valence-electron chi connectivity index (χ3n) is 3.73. The van der Waals surface area contributed by atoms with Gasteiger partial charge in [0.25, 0.3) is 0 Å². The second kappa shape index (κ2) is 6.97. The standard InChI is InChI=1S/C18H17FN2O2S/c1-11-15-8-12(19)6-7-16(15)23-17(11)10-20-18(22)21-13-4-3-5-14(9-13)24-2/h3-9H,10H2,1-2H3,(H2,20,21,22). The summed E-state index contributed by atoms with van der Waals surface area (Å²) in [6, 6.07) is 11.7. The fourth-order valence-electron chi connectivity index (χ4n) is 2.45. The number of furan rings is 1. The Hall–Kier alpha value is -2.47. The van der Waals surface area contributed by atoms with Crippen LogP contribution >= 0.6 is 11.8 Å². The van der Waals surface area contributed by atoms with Gasteiger partial charge < -0.3 is 15.1 Å². The van der Waals surface area contributed by atoms with Crippen molar-refractivity contribution in [2.45, 2.75) is 18.4 Å². The molecule has 3 aromatic rings. The molecule has 0 aliphatic heterocycles. The van der Waals surface area contributed by atoms with E-state index >= 15 is 0 Å². The highest BCUT2D eigenvalue weighted by molar-refractivity contribution is 7.98. The van der Waals surface area contributed by atoms with Gasteiger partial charge in [-0.1, -0.05) is 6.07 Å². The minimum atomic E-state index is -0.320. The van der Waals surface area contributed by atoms with Crippen molar-refractivity contribution in [3.05, 3.63) is 59.6 Å². The number of hydrogen-bond donors (Lipinski definition) is 2. The molecule has 0 spiro atoms. The van der Waals surface area contributed by atoms with Gasteiger partial charge in [0.05, 0.1) is 6.54 Å². The summed E-state index contributed by atoms with van der Waals surface area (Å²) in [6.07, 6.45) is 1.98. The molecular formula is C18H17FN2O2S. The van der Waals surface area contributed by atoms with Gasteiger partial charge in [0.1, 0.15) is 17.2 Å². The van der Waals surface area contributed by atoms with Gasteiger partial charge in [0.2, 0.25) is 0 Å². The molecule has 124 valence electrons. The first-order chi connectivity index (χ1) is 11.6. The van der Waals surface area contributed by atoms with Gasteiger partial charge in [0, 0.05) is 21.5 Å². The molecule has 0 unspecified atom stereocenters. The summed E-state index contributed by atoms with van der Waals surface area (Å²) < 4.78 is 19.0. The lowest BCUT2D eigenvalue weighted by molar-refractivity contribution is 0.251. The van der Waals surface area contributed by atoms with Crippen molar-refractivity contribution in [3.8, 4) is 0 Å². The quantitative estimate of drug-likeness (QED) is 0.660. The second-order valence-electron chi connectivity index (χ2n) is 5.33. The number of hydrogen-bond acceptors (Lipinski definition) is 3. The van der Waals surface area contributed by atoms with Gasteiger partial charge in [-0.15, -0.1) is 11.8 Å². The fraction of sp³-hybridized carbons (Fsp3) is 0.167. The number of carbonyl (C=O) groups is 1. The van der Waals surface area contributed by atoms with E-state index in [9.17, 15) is 9.18 Å². The number of nitrogens with one attached hydrogen (secondary N) is 2. The Morgan fingerprint density at radius 3 is 2.88 bits per heavy atom. The summed E-state index contributed by atoms with van der Waals surface area (Å²) in [5.41, 5.74) is 2.16. The van der Waals surface area contributed by atoms with Crippen LogP contribution in [0.25, 0.3) is 11.0 Å². The van der Waals surface area contributed by atoms with Gasteiger partial charge in [-0.2, -0.15) is 0 Å². The van der Waals surface area contributed by atoms with E-state index in [0.29, 0.717) is 11.3 Å². The fourth-order valence-corrected chi connectivity index (χ4v) is 2.91. The van der Waals surface area contributed by atoms with Crippen molar-refractivity contribution in [1.29, 1.82) is 0 Å². The number of carbonyl (C=O) groups excluding carboxylic acids is 1. The van der Waals surface area contributed by atoms with Crippen molar-refractivity contribution in [2.24, 2.45) is 0 Å². The van der Waals surface area contributed by atoms with Crippen LogP contribution in [-0.2, 0) is 6.54 Å². The molecule has 24 heavy (non-hydrogen) atoms. The predicted molar refractivity (Wildman–Crippen MR) is 95.0 cm³/mol. The first-order valence-electron chi connectivity index (χ1n) is 7.43. The van der Waals surface area contributed by atoms with Gasteiger partial charge in [0.15, 0.2) is 0 Å². The van der Waals surface area contributed by atoms with Crippen LogP contribution in [0.5, 0.6) is 0 Å². The Bertz CT molecular complexity index is 892. The van der Waals surface area contributed by atoms with E-state index in [1.165, 1.54) is 12.1 Å². The normalized spacial score (nSPS) is 10.8. The number of halogens is 1. The maximum Gasteiger partial charge on any atom is 0.319 e. The number of urea groups is 1. The summed E-state index contributed by atoms with van der Waals surface area (Å²) in [6.45, 7) is 2.08. The topological polar surface area (TPSA) is 54.3 Å². The molecule has 0 atom stereocenters. The molecule has 0 aliphatic rings. The Morgan fingerprint density at radius 2 is 2.08 bits per heavy atom. The van der Waals surface area contributed by atoms with E-state index in [2.05, 4.69) is 10.6 Å². The molecule has 2 aromatic carbocycles. The van der Waals surface area contributed by atoms with Crippen LogP contribution in [0, 0.1) is 12.7 Å². The van der Waals surface area contributed by atoms with E-state index in [1.54, 1.807) is 17.8 Å². The lowest BCUT2D eigenvalue weighted by atomic mass is 10.1. The summed E-state index contributed by atoms with van der Waals surface area (Å²) in [4.78, 5) is 13.1. The number of aryl methyl sites for hydroxylation is 1. The van der Waals surface area contributed by atoms with Gasteiger partial charge in [-0.25, -0.2) is 9.18 Å². The van der Waals surface area contributed by atoms with Gasteiger partial charge in [-0.3, -0.25) is 0 Å². The van der Waals surface area contributed by atoms with Gasteiger partial charge >= 0.3 is 6.03 Å². The second-order valence-corrected chi connectivity index (χ2v) is 6.21. The zero-order valence-corrected chi connectivity index (χ0v) is 14.2. The van der Waals surface area contributed by atoms with Crippen molar-refractivity contribution in [2.75, 3.05) is 11.6 Å². The monoisotopic (exact) mass is 344 g/mol. The first kappa shape index (κ1) is 16.4. The minimum absolute atomic E-state index is 0.232. The highest BCUT2D eigenvalue weighted by atomic mass is 32.2. The molecular weight excluding hydrogens is 327 g/mol. The number of anilines is 1. The zero-order chi connectivity index (χ0) is 17.1. The number of rotatable bonds is 4. The summed E-state index contributed by atoms with van der Waals surface area (Å²) in [7, 11) is 0. The number of thioether (sulfide) groups is 1. The Morgan fingerprint density at radius 1 is 1.25 bits per heavy atom. The van der Waals surface area contributed by atoms with E-state index < -0.39 is 0 Å². The molecule has 0 saturated heterocycles. The molecule has 0 fully saturated rings. The van der Waals surface area contributed by atoms with Crippen LogP contribution in [0.3, 0.4) is 0 Å². The maximum absolute atomic E-state index is 13.3. The van der Waals surface area contributed by atoms with Crippen LogP contribution in [-0.4, -0.2) is 12.3 Å². The molecule has 0 bridgehead atoms. The van der Waals surface area contributed by atoms with E-state index in [1.807, 2.05) is 37.4 Å². The minimum Gasteiger partial charge on any atom is -0.459 e. The van der Waals surface area contributed by atoms with Crippen molar-refractivity contribution < 1.29 is 13.6 Å². The number of amides is 2. The average Bonchev–Trinajstić information content (AvgIpc) is 2.89. The average molecular weight is 344 g/mol. The molecule has 4 nitrogen and oxygen atoms in total. The smallest absolute Gasteiger partial charge is 0.319 e. The molecule has 2 N–H and O–H groups in total. The zero-order valence-electron chi connectivity index (χ0n) is 13.4. The van der Waals surface area contributed by atoms with Crippen LogP contribution < -0.4 is 10.6 Å². The molecule has 3 rings (SSSR count). The van der Waals surface area contributed by atoms with Crippen LogP contribution in [0.4, 0.5) is 14.9 Å². The molecule has 1 aromatic heterocycles. The summed E-state index contributed by atoms with van der Waals surface area (Å²) in [5.74, 6) is 0.306. The summed E-state index contributed by atoms with van der Waals surface area (Å²) in [5, 5.41) is 6.26. The number of benzene rings is 2. The highest BCUT2D eigenvalue weighted by Gasteiger charge is 2.12. The van der Waals surface area contributed by atoms with Crippen molar-refractivity contribution >= 4 is 34.4 Å². The lowest BCUT2D eigenvalue weighted by Crippen LogP contribution is -2.28. The molecule has 6 heteroatoms. The maximum atomic E-state index is 13.3. The molecule has 2 amide bonds. The third-order valence-corrected chi connectivity index (χ3v) is 4.46. The largest absolute Gasteiger partial charge is 0.459 e. The molecule has 0 radical (unpaired) electrons. The van der Waals surface area contributed by atoms with E-state index in [0.717, 1.165) is 21.5 Å². The third kappa shape index (κ3) is 3.54. The van der Waals surface area contributed by atoms with Crippen LogP contribution in [0.1, 0.15) is 11.3 Å². The predicted octanol–water partition coefficient (Wildman–Crippen LogP) is 4.92. The van der Waals surface area contributed by atoms with Crippen LogP contribution in [0.15, 0.2) is 51.8 Å². The first-order valence-corrected chi connectivity index (χ1v) is 8.65. The van der Waals surface area contributed by atoms with E-state index in [4.69, 9.17) is 4.42 Å². The lowest BCUT2D eigenvalue weighted by Gasteiger charge is -2.08. The highest BCUT2D eigenvalue weighted by Crippen LogP contribution is 2.26. The van der Waals surface area contributed by atoms with Crippen LogP contribution in [0.2, 0.25) is 0 Å². The molecule has 0 aliphatic carbocycles. The van der Waals surface area contributed by atoms with E-state index in [-0.39, 0.29) is 18.4 Å². The number of fused-ring (bicyclic) bond motifs is 1. The van der Waals surface area contributed by atoms with Crippen molar-refractivity contribution in [3.63, 3.8) is 0 Å². The Balaban J connectivity index is 1.67. The van der Waals surface area contributed by atoms with Gasteiger partial charge in [-0.05, 0) is 49.6 Å². The van der Waals surface area contributed by atoms with Crippen molar-refractivity contribution in [1.82, 2.24) is 5.32 Å². The SMILES string of the molecule is CSc1cccc(NC(=O)NCc2oc3ccc(F)cc3c2C)c1. The Kier molecular flexibility index (Phi) is 4.76. The molecule has 1 heterocycles. The summed E-state index contributed by atoms with van der Waals surface area (Å²) >= 11 is 1.61.